The summed E-state index contributed by atoms with van der Waals surface area (Å²) in [5, 5.41) is 0. The van der Waals surface area contributed by atoms with Crippen molar-refractivity contribution in [2.75, 3.05) is 11.6 Å². The highest BCUT2D eigenvalue weighted by molar-refractivity contribution is 7.85. The van der Waals surface area contributed by atoms with Gasteiger partial charge in [-0.1, -0.05) is 12.1 Å². The molecule has 0 spiro atoms. The van der Waals surface area contributed by atoms with Gasteiger partial charge in [-0.2, -0.15) is 0 Å². The van der Waals surface area contributed by atoms with Crippen LogP contribution in [0.15, 0.2) is 23.1 Å². The third-order valence-electron chi connectivity index (χ3n) is 1.85. The molecule has 0 N–H and O–H groups in total. The van der Waals surface area contributed by atoms with Gasteiger partial charge in [0.2, 0.25) is 0 Å². The standard InChI is InChI=1S/C10H13ClOS/c1-8-3-4-9(2)10(7-8)13(12)6-5-11/h3-4,7H,5-6H2,1-2H3. The van der Waals surface area contributed by atoms with Gasteiger partial charge >= 0.3 is 0 Å². The lowest BCUT2D eigenvalue weighted by Crippen LogP contribution is -2.01. The summed E-state index contributed by atoms with van der Waals surface area (Å²) in [6.07, 6.45) is 0. The van der Waals surface area contributed by atoms with Crippen molar-refractivity contribution in [2.24, 2.45) is 0 Å². The quantitative estimate of drug-likeness (QED) is 0.710. The van der Waals surface area contributed by atoms with Crippen molar-refractivity contribution in [3.8, 4) is 0 Å². The van der Waals surface area contributed by atoms with Gasteiger partial charge in [0.05, 0.1) is 10.8 Å². The third kappa shape index (κ3) is 2.82. The Labute approximate surface area is 86.6 Å². The van der Waals surface area contributed by atoms with Crippen LogP contribution in [0.1, 0.15) is 11.1 Å². The number of rotatable bonds is 3. The second kappa shape index (κ2) is 4.77. The Morgan fingerprint density at radius 1 is 1.38 bits per heavy atom. The predicted octanol–water partition coefficient (Wildman–Crippen LogP) is 2.65. The molecule has 3 heteroatoms. The summed E-state index contributed by atoms with van der Waals surface area (Å²) in [6, 6.07) is 5.99. The lowest BCUT2D eigenvalue weighted by Gasteiger charge is -2.05. The molecular formula is C10H13ClOS. The molecule has 1 nitrogen and oxygen atoms in total. The maximum absolute atomic E-state index is 11.6. The van der Waals surface area contributed by atoms with Crippen LogP contribution in [0.3, 0.4) is 0 Å². The Balaban J connectivity index is 2.99. The van der Waals surface area contributed by atoms with Gasteiger partial charge in [0.1, 0.15) is 0 Å². The van der Waals surface area contributed by atoms with Gasteiger partial charge in [0.25, 0.3) is 0 Å². The largest absolute Gasteiger partial charge is 0.254 e. The van der Waals surface area contributed by atoms with Gasteiger partial charge < -0.3 is 0 Å². The van der Waals surface area contributed by atoms with Crippen LogP contribution in [0.25, 0.3) is 0 Å². The summed E-state index contributed by atoms with van der Waals surface area (Å²) in [5.41, 5.74) is 2.22. The van der Waals surface area contributed by atoms with E-state index in [9.17, 15) is 4.21 Å². The Bertz CT molecular complexity index is 323. The fraction of sp³-hybridized carbons (Fsp3) is 0.400. The molecule has 0 radical (unpaired) electrons. The fourth-order valence-corrected chi connectivity index (χ4v) is 2.66. The fourth-order valence-electron chi connectivity index (χ4n) is 1.13. The number of aryl methyl sites for hydroxylation is 2. The zero-order valence-corrected chi connectivity index (χ0v) is 9.41. The van der Waals surface area contributed by atoms with Crippen LogP contribution in [0.4, 0.5) is 0 Å². The molecule has 1 aromatic carbocycles. The molecule has 0 saturated heterocycles. The molecule has 1 unspecified atom stereocenters. The van der Waals surface area contributed by atoms with E-state index in [1.54, 1.807) is 0 Å². The molecule has 0 aliphatic rings. The Morgan fingerprint density at radius 3 is 2.69 bits per heavy atom. The zero-order valence-electron chi connectivity index (χ0n) is 7.84. The molecule has 0 aromatic heterocycles. The van der Waals surface area contributed by atoms with Crippen LogP contribution < -0.4 is 0 Å². The smallest absolute Gasteiger partial charge is 0.0544 e. The van der Waals surface area contributed by atoms with E-state index >= 15 is 0 Å². The zero-order chi connectivity index (χ0) is 9.84. The van der Waals surface area contributed by atoms with Gasteiger partial charge in [-0.05, 0) is 31.0 Å². The van der Waals surface area contributed by atoms with E-state index in [4.69, 9.17) is 11.6 Å². The molecule has 0 fully saturated rings. The maximum Gasteiger partial charge on any atom is 0.0544 e. The highest BCUT2D eigenvalue weighted by atomic mass is 35.5. The van der Waals surface area contributed by atoms with Crippen molar-refractivity contribution >= 4 is 22.4 Å². The molecule has 72 valence electrons. The van der Waals surface area contributed by atoms with E-state index in [1.807, 2.05) is 32.0 Å². The Hall–Kier alpha value is -0.340. The minimum Gasteiger partial charge on any atom is -0.254 e. The highest BCUT2D eigenvalue weighted by Gasteiger charge is 2.06. The summed E-state index contributed by atoms with van der Waals surface area (Å²) in [5.74, 6) is 0.978. The Morgan fingerprint density at radius 2 is 2.08 bits per heavy atom. The summed E-state index contributed by atoms with van der Waals surface area (Å²) in [7, 11) is -0.937. The first kappa shape index (κ1) is 10.7. The second-order valence-electron chi connectivity index (χ2n) is 3.01. The predicted molar refractivity (Wildman–Crippen MR) is 57.9 cm³/mol. The number of hydrogen-bond acceptors (Lipinski definition) is 1. The minimum absolute atomic E-state index is 0.444. The van der Waals surface area contributed by atoms with Crippen LogP contribution in [0.5, 0.6) is 0 Å². The van der Waals surface area contributed by atoms with Crippen LogP contribution in [0, 0.1) is 13.8 Å². The average Bonchev–Trinajstić information content (AvgIpc) is 2.09. The normalized spacial score (nSPS) is 12.8. The van der Waals surface area contributed by atoms with Crippen molar-refractivity contribution in [3.05, 3.63) is 29.3 Å². The topological polar surface area (TPSA) is 17.1 Å². The first-order valence-corrected chi connectivity index (χ1v) is 6.02. The molecule has 0 amide bonds. The molecule has 1 atom stereocenters. The molecule has 1 aromatic rings. The van der Waals surface area contributed by atoms with E-state index in [0.717, 1.165) is 16.0 Å². The van der Waals surface area contributed by atoms with Crippen molar-refractivity contribution in [1.29, 1.82) is 0 Å². The lowest BCUT2D eigenvalue weighted by atomic mass is 10.2. The van der Waals surface area contributed by atoms with E-state index in [-0.39, 0.29) is 0 Å². The van der Waals surface area contributed by atoms with E-state index in [1.165, 1.54) is 0 Å². The second-order valence-corrected chi connectivity index (χ2v) is 4.92. The first-order valence-electron chi connectivity index (χ1n) is 4.16. The average molecular weight is 217 g/mol. The molecule has 13 heavy (non-hydrogen) atoms. The highest BCUT2D eigenvalue weighted by Crippen LogP contribution is 2.15. The van der Waals surface area contributed by atoms with Crippen molar-refractivity contribution in [2.45, 2.75) is 18.7 Å². The van der Waals surface area contributed by atoms with Gasteiger partial charge in [0, 0.05) is 16.5 Å². The first-order chi connectivity index (χ1) is 6.15. The van der Waals surface area contributed by atoms with Gasteiger partial charge in [-0.3, -0.25) is 4.21 Å². The molecule has 1 rings (SSSR count). The molecule has 0 saturated carbocycles. The molecule has 0 aliphatic heterocycles. The number of halogens is 1. The molecule has 0 aliphatic carbocycles. The summed E-state index contributed by atoms with van der Waals surface area (Å²) < 4.78 is 11.6. The molecule has 0 heterocycles. The van der Waals surface area contributed by atoms with Crippen molar-refractivity contribution < 1.29 is 4.21 Å². The summed E-state index contributed by atoms with van der Waals surface area (Å²) in [6.45, 7) is 3.97. The van der Waals surface area contributed by atoms with Crippen molar-refractivity contribution in [1.82, 2.24) is 0 Å². The van der Waals surface area contributed by atoms with Crippen LogP contribution >= 0.6 is 11.6 Å². The number of alkyl halides is 1. The monoisotopic (exact) mass is 216 g/mol. The number of hydrogen-bond donors (Lipinski definition) is 0. The Kier molecular flexibility index (Phi) is 3.94. The van der Waals surface area contributed by atoms with E-state index < -0.39 is 10.8 Å². The van der Waals surface area contributed by atoms with Crippen LogP contribution in [0.2, 0.25) is 0 Å². The minimum atomic E-state index is -0.937. The maximum atomic E-state index is 11.6. The molecular weight excluding hydrogens is 204 g/mol. The van der Waals surface area contributed by atoms with E-state index in [2.05, 4.69) is 0 Å². The third-order valence-corrected chi connectivity index (χ3v) is 3.77. The SMILES string of the molecule is Cc1ccc(C)c(S(=O)CCCl)c1. The van der Waals surface area contributed by atoms with Gasteiger partial charge in [-0.25, -0.2) is 0 Å². The van der Waals surface area contributed by atoms with E-state index in [0.29, 0.717) is 11.6 Å². The summed E-state index contributed by atoms with van der Waals surface area (Å²) in [4.78, 5) is 0.917. The van der Waals surface area contributed by atoms with Crippen molar-refractivity contribution in [3.63, 3.8) is 0 Å². The number of benzene rings is 1. The van der Waals surface area contributed by atoms with Crippen LogP contribution in [-0.2, 0) is 10.8 Å². The lowest BCUT2D eigenvalue weighted by molar-refractivity contribution is 0.683. The van der Waals surface area contributed by atoms with Crippen LogP contribution in [-0.4, -0.2) is 15.8 Å². The molecule has 0 bridgehead atoms. The van der Waals surface area contributed by atoms with Gasteiger partial charge in [0.15, 0.2) is 0 Å². The van der Waals surface area contributed by atoms with Gasteiger partial charge in [-0.15, -0.1) is 11.6 Å². The summed E-state index contributed by atoms with van der Waals surface area (Å²) >= 11 is 5.55.